The van der Waals surface area contributed by atoms with Crippen molar-refractivity contribution < 1.29 is 4.79 Å². The first-order valence-corrected chi connectivity index (χ1v) is 6.75. The summed E-state index contributed by atoms with van der Waals surface area (Å²) in [5.41, 5.74) is 5.17. The Kier molecular flexibility index (Phi) is 5.29. The van der Waals surface area contributed by atoms with Crippen molar-refractivity contribution in [1.82, 2.24) is 10.4 Å². The lowest BCUT2D eigenvalue weighted by Gasteiger charge is -2.08. The molecular weight excluding hydrogens is 288 g/mol. The van der Waals surface area contributed by atoms with E-state index in [1.807, 2.05) is 19.1 Å². The maximum absolute atomic E-state index is 11.7. The van der Waals surface area contributed by atoms with Gasteiger partial charge < -0.3 is 5.32 Å². The Morgan fingerprint density at radius 2 is 2.10 bits per heavy atom. The number of nitrogens with zero attached hydrogens (tertiary/aromatic N) is 2. The van der Waals surface area contributed by atoms with E-state index in [4.69, 9.17) is 11.6 Å². The van der Waals surface area contributed by atoms with Gasteiger partial charge in [0.1, 0.15) is 0 Å². The number of hydrogen-bond acceptors (Lipinski definition) is 4. The van der Waals surface area contributed by atoms with E-state index in [0.717, 1.165) is 16.8 Å². The summed E-state index contributed by atoms with van der Waals surface area (Å²) in [6.07, 6.45) is 4.88. The third-order valence-electron chi connectivity index (χ3n) is 2.74. The first-order chi connectivity index (χ1) is 10.1. The highest BCUT2D eigenvalue weighted by molar-refractivity contribution is 6.30. The normalized spacial score (nSPS) is 10.6. The molecule has 0 bridgehead atoms. The monoisotopic (exact) mass is 302 g/mol. The number of aromatic nitrogens is 1. The molecule has 0 atom stereocenters. The SMILES string of the molecule is Cc1cc(Cl)ccc1NCC(=O)N/N=C/c1ccncc1. The lowest BCUT2D eigenvalue weighted by atomic mass is 10.2. The number of anilines is 1. The van der Waals surface area contributed by atoms with Gasteiger partial charge in [-0.25, -0.2) is 5.43 Å². The molecule has 21 heavy (non-hydrogen) atoms. The predicted molar refractivity (Wildman–Crippen MR) is 84.7 cm³/mol. The van der Waals surface area contributed by atoms with Gasteiger partial charge in [-0.3, -0.25) is 9.78 Å². The number of rotatable bonds is 5. The summed E-state index contributed by atoms with van der Waals surface area (Å²) in [5, 5.41) is 7.58. The fraction of sp³-hybridized carbons (Fsp3) is 0.133. The van der Waals surface area contributed by atoms with Gasteiger partial charge in [0.2, 0.25) is 0 Å². The summed E-state index contributed by atoms with van der Waals surface area (Å²) < 4.78 is 0. The predicted octanol–water partition coefficient (Wildman–Crippen LogP) is 2.61. The maximum atomic E-state index is 11.7. The molecule has 2 aromatic rings. The molecule has 2 rings (SSSR count). The van der Waals surface area contributed by atoms with Gasteiger partial charge in [-0.1, -0.05) is 11.6 Å². The first kappa shape index (κ1) is 15.0. The minimum atomic E-state index is -0.227. The van der Waals surface area contributed by atoms with Gasteiger partial charge in [0.25, 0.3) is 5.91 Å². The van der Waals surface area contributed by atoms with Crippen LogP contribution in [0, 0.1) is 6.92 Å². The molecule has 0 aliphatic carbocycles. The lowest BCUT2D eigenvalue weighted by Crippen LogP contribution is -2.26. The van der Waals surface area contributed by atoms with Gasteiger partial charge in [0.05, 0.1) is 12.8 Å². The molecule has 1 heterocycles. The van der Waals surface area contributed by atoms with Crippen molar-refractivity contribution in [1.29, 1.82) is 0 Å². The highest BCUT2D eigenvalue weighted by Crippen LogP contribution is 2.19. The molecule has 0 radical (unpaired) electrons. The van der Waals surface area contributed by atoms with E-state index in [-0.39, 0.29) is 12.5 Å². The Labute approximate surface area is 128 Å². The standard InChI is InChI=1S/C15H15ClN4O/c1-11-8-13(16)2-3-14(11)18-10-15(21)20-19-9-12-4-6-17-7-5-12/h2-9,18H,10H2,1H3,(H,20,21)/b19-9+. The molecule has 0 aliphatic heterocycles. The van der Waals surface area contributed by atoms with Crippen molar-refractivity contribution in [2.75, 3.05) is 11.9 Å². The van der Waals surface area contributed by atoms with Gasteiger partial charge in [-0.15, -0.1) is 0 Å². The van der Waals surface area contributed by atoms with E-state index in [2.05, 4.69) is 20.8 Å². The van der Waals surface area contributed by atoms with Crippen molar-refractivity contribution in [3.63, 3.8) is 0 Å². The highest BCUT2D eigenvalue weighted by Gasteiger charge is 2.02. The Hall–Kier alpha value is -2.40. The Morgan fingerprint density at radius 1 is 1.33 bits per heavy atom. The average molecular weight is 303 g/mol. The van der Waals surface area contributed by atoms with Gasteiger partial charge in [0.15, 0.2) is 0 Å². The number of amides is 1. The summed E-state index contributed by atoms with van der Waals surface area (Å²) in [6.45, 7) is 2.06. The summed E-state index contributed by atoms with van der Waals surface area (Å²) in [4.78, 5) is 15.6. The molecule has 5 nitrogen and oxygen atoms in total. The van der Waals surface area contributed by atoms with Crippen molar-refractivity contribution in [2.24, 2.45) is 5.10 Å². The number of carbonyl (C=O) groups is 1. The Bertz CT molecular complexity index is 643. The van der Waals surface area contributed by atoms with E-state index in [0.29, 0.717) is 5.02 Å². The number of hydrazone groups is 1. The molecule has 0 fully saturated rings. The molecule has 0 saturated carbocycles. The molecule has 1 aromatic carbocycles. The molecule has 0 aliphatic rings. The zero-order chi connectivity index (χ0) is 15.1. The lowest BCUT2D eigenvalue weighted by molar-refractivity contribution is -0.119. The molecule has 0 saturated heterocycles. The summed E-state index contributed by atoms with van der Waals surface area (Å²) in [6, 6.07) is 9.04. The van der Waals surface area contributed by atoms with Crippen LogP contribution in [0.3, 0.4) is 0 Å². The second kappa shape index (κ2) is 7.40. The number of halogens is 1. The smallest absolute Gasteiger partial charge is 0.259 e. The minimum Gasteiger partial charge on any atom is -0.376 e. The molecule has 1 amide bonds. The van der Waals surface area contributed by atoms with Crippen molar-refractivity contribution in [3.05, 3.63) is 58.9 Å². The van der Waals surface area contributed by atoms with Gasteiger partial charge >= 0.3 is 0 Å². The number of nitrogens with one attached hydrogen (secondary N) is 2. The Morgan fingerprint density at radius 3 is 2.81 bits per heavy atom. The van der Waals surface area contributed by atoms with Crippen LogP contribution in [0.4, 0.5) is 5.69 Å². The Balaban J connectivity index is 1.81. The van der Waals surface area contributed by atoms with E-state index < -0.39 is 0 Å². The number of benzene rings is 1. The molecule has 0 spiro atoms. The third kappa shape index (κ3) is 4.89. The van der Waals surface area contributed by atoms with Gasteiger partial charge in [-0.05, 0) is 48.4 Å². The summed E-state index contributed by atoms with van der Waals surface area (Å²) in [7, 11) is 0. The zero-order valence-electron chi connectivity index (χ0n) is 11.5. The average Bonchev–Trinajstić information content (AvgIpc) is 2.47. The molecule has 108 valence electrons. The molecule has 6 heteroatoms. The fourth-order valence-corrected chi connectivity index (χ4v) is 1.90. The van der Waals surface area contributed by atoms with Crippen LogP contribution in [0.15, 0.2) is 47.8 Å². The van der Waals surface area contributed by atoms with Crippen molar-refractivity contribution in [2.45, 2.75) is 6.92 Å². The van der Waals surface area contributed by atoms with E-state index in [1.54, 1.807) is 36.8 Å². The molecule has 1 aromatic heterocycles. The molecule has 2 N–H and O–H groups in total. The van der Waals surface area contributed by atoms with Crippen LogP contribution < -0.4 is 10.7 Å². The van der Waals surface area contributed by atoms with Crippen LogP contribution in [0.5, 0.6) is 0 Å². The third-order valence-corrected chi connectivity index (χ3v) is 2.97. The molecular formula is C15H15ClN4O. The number of carbonyl (C=O) groups excluding carboxylic acids is 1. The van der Waals surface area contributed by atoms with Crippen LogP contribution in [0.1, 0.15) is 11.1 Å². The van der Waals surface area contributed by atoms with Crippen LogP contribution in [0.2, 0.25) is 5.02 Å². The van der Waals surface area contributed by atoms with Crippen molar-refractivity contribution in [3.8, 4) is 0 Å². The second-order valence-corrected chi connectivity index (χ2v) is 4.82. The van der Waals surface area contributed by atoms with E-state index in [9.17, 15) is 4.79 Å². The fourth-order valence-electron chi connectivity index (χ4n) is 1.67. The number of aryl methyl sites for hydroxylation is 1. The number of pyridine rings is 1. The highest BCUT2D eigenvalue weighted by atomic mass is 35.5. The maximum Gasteiger partial charge on any atom is 0.259 e. The first-order valence-electron chi connectivity index (χ1n) is 6.37. The topological polar surface area (TPSA) is 66.4 Å². The zero-order valence-corrected chi connectivity index (χ0v) is 12.3. The second-order valence-electron chi connectivity index (χ2n) is 4.39. The molecule has 0 unspecified atom stereocenters. The van der Waals surface area contributed by atoms with E-state index >= 15 is 0 Å². The van der Waals surface area contributed by atoms with Crippen molar-refractivity contribution >= 4 is 29.4 Å². The quantitative estimate of drug-likeness (QED) is 0.659. The van der Waals surface area contributed by atoms with E-state index in [1.165, 1.54) is 0 Å². The van der Waals surface area contributed by atoms with Crippen LogP contribution in [-0.2, 0) is 4.79 Å². The van der Waals surface area contributed by atoms with Crippen LogP contribution in [-0.4, -0.2) is 23.7 Å². The van der Waals surface area contributed by atoms with Crippen LogP contribution >= 0.6 is 11.6 Å². The summed E-state index contributed by atoms with van der Waals surface area (Å²) >= 11 is 5.88. The largest absolute Gasteiger partial charge is 0.376 e. The minimum absolute atomic E-state index is 0.135. The number of hydrogen-bond donors (Lipinski definition) is 2. The van der Waals surface area contributed by atoms with Gasteiger partial charge in [-0.2, -0.15) is 5.10 Å². The summed E-state index contributed by atoms with van der Waals surface area (Å²) in [5.74, 6) is -0.227. The van der Waals surface area contributed by atoms with Crippen LogP contribution in [0.25, 0.3) is 0 Å². The van der Waals surface area contributed by atoms with Gasteiger partial charge in [0, 0.05) is 23.1 Å².